The standard InChI is InChI=1S/C16H26N2O2/c1-3-10-18(16(19)9-6-11-20-4-2)13-14-7-5-8-15(17)12-14/h5,7-8,12H,3-4,6,9-11,13,17H2,1-2H3. The Morgan fingerprint density at radius 2 is 2.15 bits per heavy atom. The first-order valence-corrected chi connectivity index (χ1v) is 7.37. The summed E-state index contributed by atoms with van der Waals surface area (Å²) in [5.74, 6) is 0.189. The molecule has 112 valence electrons. The van der Waals surface area contributed by atoms with Crippen molar-refractivity contribution in [2.75, 3.05) is 25.5 Å². The average molecular weight is 278 g/mol. The summed E-state index contributed by atoms with van der Waals surface area (Å²) < 4.78 is 5.27. The van der Waals surface area contributed by atoms with E-state index in [1.54, 1.807) is 0 Å². The van der Waals surface area contributed by atoms with Crippen LogP contribution in [0.3, 0.4) is 0 Å². The highest BCUT2D eigenvalue weighted by molar-refractivity contribution is 5.76. The van der Waals surface area contributed by atoms with Gasteiger partial charge >= 0.3 is 0 Å². The van der Waals surface area contributed by atoms with Crippen molar-refractivity contribution in [3.05, 3.63) is 29.8 Å². The minimum absolute atomic E-state index is 0.189. The number of rotatable bonds is 9. The molecule has 0 atom stereocenters. The Balaban J connectivity index is 2.52. The van der Waals surface area contributed by atoms with Gasteiger partial charge in [-0.15, -0.1) is 0 Å². The zero-order chi connectivity index (χ0) is 14.8. The number of carbonyl (C=O) groups excluding carboxylic acids is 1. The Labute approximate surface area is 121 Å². The summed E-state index contributed by atoms with van der Waals surface area (Å²) in [7, 11) is 0. The van der Waals surface area contributed by atoms with Gasteiger partial charge in [-0.25, -0.2) is 0 Å². The molecule has 0 heterocycles. The van der Waals surface area contributed by atoms with E-state index in [2.05, 4.69) is 6.92 Å². The van der Waals surface area contributed by atoms with Crippen LogP contribution < -0.4 is 5.73 Å². The number of hydrogen-bond donors (Lipinski definition) is 1. The van der Waals surface area contributed by atoms with Crippen molar-refractivity contribution in [3.8, 4) is 0 Å². The molecule has 0 saturated heterocycles. The summed E-state index contributed by atoms with van der Waals surface area (Å²) in [5, 5.41) is 0. The Hall–Kier alpha value is -1.55. The smallest absolute Gasteiger partial charge is 0.222 e. The molecule has 0 fully saturated rings. The van der Waals surface area contributed by atoms with Gasteiger partial charge in [0, 0.05) is 38.4 Å². The van der Waals surface area contributed by atoms with Crippen LogP contribution in [-0.2, 0) is 16.1 Å². The van der Waals surface area contributed by atoms with Gasteiger partial charge in [-0.2, -0.15) is 0 Å². The molecule has 4 nitrogen and oxygen atoms in total. The van der Waals surface area contributed by atoms with Gasteiger partial charge in [0.05, 0.1) is 0 Å². The van der Waals surface area contributed by atoms with Crippen LogP contribution in [-0.4, -0.2) is 30.6 Å². The number of nitrogens with zero attached hydrogens (tertiary/aromatic N) is 1. The number of hydrogen-bond acceptors (Lipinski definition) is 3. The summed E-state index contributed by atoms with van der Waals surface area (Å²) in [6, 6.07) is 7.72. The van der Waals surface area contributed by atoms with Crippen LogP contribution in [0.2, 0.25) is 0 Å². The minimum atomic E-state index is 0.189. The Kier molecular flexibility index (Phi) is 7.73. The molecule has 0 saturated carbocycles. The maximum atomic E-state index is 12.2. The van der Waals surface area contributed by atoms with E-state index in [4.69, 9.17) is 10.5 Å². The third-order valence-corrected chi connectivity index (χ3v) is 3.05. The molecule has 0 aliphatic heterocycles. The normalized spacial score (nSPS) is 10.5. The van der Waals surface area contributed by atoms with Gasteiger partial charge in [-0.1, -0.05) is 19.1 Å². The molecule has 0 bridgehead atoms. The van der Waals surface area contributed by atoms with Crippen LogP contribution in [0.15, 0.2) is 24.3 Å². The molecular formula is C16H26N2O2. The van der Waals surface area contributed by atoms with Crippen molar-refractivity contribution in [2.45, 2.75) is 39.7 Å². The Morgan fingerprint density at radius 1 is 1.35 bits per heavy atom. The van der Waals surface area contributed by atoms with E-state index in [-0.39, 0.29) is 5.91 Å². The van der Waals surface area contributed by atoms with Crippen molar-refractivity contribution in [3.63, 3.8) is 0 Å². The average Bonchev–Trinajstić information content (AvgIpc) is 2.43. The van der Waals surface area contributed by atoms with E-state index >= 15 is 0 Å². The molecule has 0 aliphatic rings. The third-order valence-electron chi connectivity index (χ3n) is 3.05. The van der Waals surface area contributed by atoms with Crippen LogP contribution in [0.1, 0.15) is 38.7 Å². The molecule has 1 aromatic carbocycles. The number of nitrogen functional groups attached to an aromatic ring is 1. The number of anilines is 1. The summed E-state index contributed by atoms with van der Waals surface area (Å²) in [5.41, 5.74) is 7.60. The van der Waals surface area contributed by atoms with Crippen LogP contribution >= 0.6 is 0 Å². The first-order chi connectivity index (χ1) is 9.67. The fraction of sp³-hybridized carbons (Fsp3) is 0.562. The fourth-order valence-corrected chi connectivity index (χ4v) is 2.10. The van der Waals surface area contributed by atoms with Crippen LogP contribution in [0.4, 0.5) is 5.69 Å². The second kappa shape index (κ2) is 9.37. The molecule has 0 spiro atoms. The maximum Gasteiger partial charge on any atom is 0.222 e. The quantitative estimate of drug-likeness (QED) is 0.558. The van der Waals surface area contributed by atoms with Crippen molar-refractivity contribution in [1.29, 1.82) is 0 Å². The summed E-state index contributed by atoms with van der Waals surface area (Å²) in [4.78, 5) is 14.1. The van der Waals surface area contributed by atoms with Gasteiger partial charge in [-0.3, -0.25) is 4.79 Å². The van der Waals surface area contributed by atoms with E-state index in [0.29, 0.717) is 26.2 Å². The fourth-order valence-electron chi connectivity index (χ4n) is 2.10. The van der Waals surface area contributed by atoms with Gasteiger partial charge in [0.25, 0.3) is 0 Å². The number of benzene rings is 1. The van der Waals surface area contributed by atoms with E-state index in [1.165, 1.54) is 0 Å². The highest BCUT2D eigenvalue weighted by atomic mass is 16.5. The molecular weight excluding hydrogens is 252 g/mol. The lowest BCUT2D eigenvalue weighted by Gasteiger charge is -2.22. The van der Waals surface area contributed by atoms with Crippen molar-refractivity contribution in [1.82, 2.24) is 4.90 Å². The van der Waals surface area contributed by atoms with Crippen LogP contribution in [0, 0.1) is 0 Å². The largest absolute Gasteiger partial charge is 0.399 e. The molecule has 2 N–H and O–H groups in total. The second-order valence-corrected chi connectivity index (χ2v) is 4.86. The molecule has 1 aromatic rings. The Morgan fingerprint density at radius 3 is 2.80 bits per heavy atom. The van der Waals surface area contributed by atoms with Crippen molar-refractivity contribution < 1.29 is 9.53 Å². The van der Waals surface area contributed by atoms with Crippen molar-refractivity contribution >= 4 is 11.6 Å². The number of ether oxygens (including phenoxy) is 1. The molecule has 4 heteroatoms. The van der Waals surface area contributed by atoms with Gasteiger partial charge < -0.3 is 15.4 Å². The predicted molar refractivity (Wildman–Crippen MR) is 82.3 cm³/mol. The van der Waals surface area contributed by atoms with Gasteiger partial charge in [0.1, 0.15) is 0 Å². The zero-order valence-corrected chi connectivity index (χ0v) is 12.6. The van der Waals surface area contributed by atoms with Gasteiger partial charge in [0.2, 0.25) is 5.91 Å². The third kappa shape index (κ3) is 6.06. The second-order valence-electron chi connectivity index (χ2n) is 4.86. The Bertz CT molecular complexity index is 407. The lowest BCUT2D eigenvalue weighted by molar-refractivity contribution is -0.132. The molecule has 0 aliphatic carbocycles. The van der Waals surface area contributed by atoms with Gasteiger partial charge in [0.15, 0.2) is 0 Å². The first-order valence-electron chi connectivity index (χ1n) is 7.37. The molecule has 1 amide bonds. The van der Waals surface area contributed by atoms with E-state index in [0.717, 1.165) is 30.6 Å². The highest BCUT2D eigenvalue weighted by Crippen LogP contribution is 2.11. The van der Waals surface area contributed by atoms with Crippen LogP contribution in [0.25, 0.3) is 0 Å². The SMILES string of the molecule is CCCN(Cc1cccc(N)c1)C(=O)CCCOCC. The monoisotopic (exact) mass is 278 g/mol. The minimum Gasteiger partial charge on any atom is -0.399 e. The first kappa shape index (κ1) is 16.5. The number of carbonyl (C=O) groups is 1. The zero-order valence-electron chi connectivity index (χ0n) is 12.6. The molecule has 0 aromatic heterocycles. The molecule has 1 rings (SSSR count). The number of amides is 1. The van der Waals surface area contributed by atoms with E-state index < -0.39 is 0 Å². The molecule has 20 heavy (non-hydrogen) atoms. The summed E-state index contributed by atoms with van der Waals surface area (Å²) >= 11 is 0. The lowest BCUT2D eigenvalue weighted by Crippen LogP contribution is -2.31. The van der Waals surface area contributed by atoms with Gasteiger partial charge in [-0.05, 0) is 37.5 Å². The van der Waals surface area contributed by atoms with E-state index in [1.807, 2.05) is 36.1 Å². The summed E-state index contributed by atoms with van der Waals surface area (Å²) in [6.45, 7) is 6.82. The number of nitrogens with two attached hydrogens (primary N) is 1. The lowest BCUT2D eigenvalue weighted by atomic mass is 10.1. The van der Waals surface area contributed by atoms with Crippen molar-refractivity contribution in [2.24, 2.45) is 0 Å². The topological polar surface area (TPSA) is 55.6 Å². The molecule has 0 unspecified atom stereocenters. The van der Waals surface area contributed by atoms with E-state index in [9.17, 15) is 4.79 Å². The molecule has 0 radical (unpaired) electrons. The summed E-state index contributed by atoms with van der Waals surface area (Å²) in [6.07, 6.45) is 2.28. The predicted octanol–water partition coefficient (Wildman–Crippen LogP) is 2.82. The maximum absolute atomic E-state index is 12.2. The highest BCUT2D eigenvalue weighted by Gasteiger charge is 2.12. The van der Waals surface area contributed by atoms with Crippen LogP contribution in [0.5, 0.6) is 0 Å².